The molecular weight excluding hydrogens is 296 g/mol. The van der Waals surface area contributed by atoms with Crippen LogP contribution in [0.25, 0.3) is 0 Å². The number of amides is 1. The normalized spacial score (nSPS) is 10.0. The van der Waals surface area contributed by atoms with Crippen molar-refractivity contribution in [3.05, 3.63) is 63.2 Å². The number of nitro benzene ring substituents is 1. The molecule has 1 N–H and O–H groups in total. The van der Waals surface area contributed by atoms with Crippen LogP contribution in [-0.4, -0.2) is 17.9 Å². The Morgan fingerprint density at radius 2 is 2.00 bits per heavy atom. The Balaban J connectivity index is 2.33. The second-order valence-electron chi connectivity index (χ2n) is 4.05. The van der Waals surface area contributed by atoms with E-state index in [1.54, 1.807) is 24.3 Å². The highest BCUT2D eigenvalue weighted by molar-refractivity contribution is 6.32. The highest BCUT2D eigenvalue weighted by Gasteiger charge is 2.15. The van der Waals surface area contributed by atoms with Crippen LogP contribution >= 0.6 is 11.6 Å². The van der Waals surface area contributed by atoms with Gasteiger partial charge in [0, 0.05) is 19.2 Å². The SMILES string of the molecule is CNC(=O)c1ccccc1Oc1ccc([N+](=O)[O-])c(Cl)c1. The summed E-state index contributed by atoms with van der Waals surface area (Å²) in [5.74, 6) is 0.349. The van der Waals surface area contributed by atoms with Crippen molar-refractivity contribution in [1.82, 2.24) is 5.32 Å². The van der Waals surface area contributed by atoms with E-state index in [0.717, 1.165) is 0 Å². The van der Waals surface area contributed by atoms with Crippen LogP contribution in [0.3, 0.4) is 0 Å². The van der Waals surface area contributed by atoms with Crippen LogP contribution in [0.4, 0.5) is 5.69 Å². The maximum absolute atomic E-state index is 11.7. The zero-order valence-corrected chi connectivity index (χ0v) is 11.8. The van der Waals surface area contributed by atoms with Gasteiger partial charge in [-0.2, -0.15) is 0 Å². The molecule has 0 heterocycles. The number of nitrogens with zero attached hydrogens (tertiary/aromatic N) is 1. The van der Waals surface area contributed by atoms with E-state index < -0.39 is 4.92 Å². The number of hydrogen-bond donors (Lipinski definition) is 1. The van der Waals surface area contributed by atoms with E-state index in [2.05, 4.69) is 5.32 Å². The monoisotopic (exact) mass is 306 g/mol. The lowest BCUT2D eigenvalue weighted by Gasteiger charge is -2.10. The third-order valence-electron chi connectivity index (χ3n) is 2.70. The summed E-state index contributed by atoms with van der Waals surface area (Å²) in [6.07, 6.45) is 0. The molecule has 2 aromatic rings. The molecule has 0 aliphatic heterocycles. The molecule has 0 unspecified atom stereocenters. The first-order valence-electron chi connectivity index (χ1n) is 5.96. The summed E-state index contributed by atoms with van der Waals surface area (Å²) in [6, 6.07) is 10.7. The molecule has 0 radical (unpaired) electrons. The average Bonchev–Trinajstić information content (AvgIpc) is 2.46. The summed E-state index contributed by atoms with van der Waals surface area (Å²) in [7, 11) is 1.52. The molecule has 0 fully saturated rings. The zero-order chi connectivity index (χ0) is 15.4. The molecule has 7 heteroatoms. The summed E-state index contributed by atoms with van der Waals surface area (Å²) in [6.45, 7) is 0. The van der Waals surface area contributed by atoms with Gasteiger partial charge in [0.2, 0.25) is 0 Å². The highest BCUT2D eigenvalue weighted by atomic mass is 35.5. The number of ether oxygens (including phenoxy) is 1. The number of para-hydroxylation sites is 1. The molecule has 0 atom stereocenters. The molecule has 0 bridgehead atoms. The standard InChI is InChI=1S/C14H11ClN2O4/c1-16-14(18)10-4-2-3-5-13(10)21-9-6-7-12(17(19)20)11(15)8-9/h2-8H,1H3,(H,16,18). The third kappa shape index (κ3) is 3.29. The van der Waals surface area contributed by atoms with Crippen molar-refractivity contribution in [3.63, 3.8) is 0 Å². The van der Waals surface area contributed by atoms with Crippen LogP contribution in [0.2, 0.25) is 5.02 Å². The summed E-state index contributed by atoms with van der Waals surface area (Å²) in [5.41, 5.74) is 0.151. The molecule has 0 spiro atoms. The second kappa shape index (κ2) is 6.23. The third-order valence-corrected chi connectivity index (χ3v) is 3.01. The summed E-state index contributed by atoms with van der Waals surface area (Å²) < 4.78 is 5.58. The molecule has 21 heavy (non-hydrogen) atoms. The van der Waals surface area contributed by atoms with Gasteiger partial charge in [0.15, 0.2) is 0 Å². The van der Waals surface area contributed by atoms with Gasteiger partial charge in [-0.25, -0.2) is 0 Å². The van der Waals surface area contributed by atoms with Gasteiger partial charge >= 0.3 is 0 Å². The first kappa shape index (κ1) is 14.8. The quantitative estimate of drug-likeness (QED) is 0.693. The molecule has 0 saturated carbocycles. The fourth-order valence-corrected chi connectivity index (χ4v) is 1.94. The van der Waals surface area contributed by atoms with Gasteiger partial charge in [0.05, 0.1) is 10.5 Å². The molecule has 0 aromatic heterocycles. The minimum atomic E-state index is -0.579. The van der Waals surface area contributed by atoms with Crippen molar-refractivity contribution in [2.24, 2.45) is 0 Å². The van der Waals surface area contributed by atoms with Gasteiger partial charge in [0.25, 0.3) is 11.6 Å². The number of carbonyl (C=O) groups is 1. The highest BCUT2D eigenvalue weighted by Crippen LogP contribution is 2.32. The molecular formula is C14H11ClN2O4. The van der Waals surface area contributed by atoms with Crippen molar-refractivity contribution in [1.29, 1.82) is 0 Å². The number of benzene rings is 2. The maximum Gasteiger partial charge on any atom is 0.288 e. The number of rotatable bonds is 4. The van der Waals surface area contributed by atoms with E-state index in [0.29, 0.717) is 17.1 Å². The fraction of sp³-hybridized carbons (Fsp3) is 0.0714. The molecule has 1 amide bonds. The first-order chi connectivity index (χ1) is 10.0. The lowest BCUT2D eigenvalue weighted by Crippen LogP contribution is -2.18. The summed E-state index contributed by atoms with van der Waals surface area (Å²) >= 11 is 5.82. The van der Waals surface area contributed by atoms with E-state index in [1.807, 2.05) is 0 Å². The van der Waals surface area contributed by atoms with Gasteiger partial charge < -0.3 is 10.1 Å². The van der Waals surface area contributed by atoms with E-state index in [9.17, 15) is 14.9 Å². The predicted octanol–water partition coefficient (Wildman–Crippen LogP) is 3.40. The van der Waals surface area contributed by atoms with E-state index in [-0.39, 0.29) is 16.6 Å². The minimum Gasteiger partial charge on any atom is -0.456 e. The fourth-order valence-electron chi connectivity index (χ4n) is 1.70. The lowest BCUT2D eigenvalue weighted by atomic mass is 10.2. The maximum atomic E-state index is 11.7. The van der Waals surface area contributed by atoms with Gasteiger partial charge in [-0.15, -0.1) is 0 Å². The smallest absolute Gasteiger partial charge is 0.288 e. The topological polar surface area (TPSA) is 81.5 Å². The number of halogens is 1. The van der Waals surface area contributed by atoms with E-state index >= 15 is 0 Å². The minimum absolute atomic E-state index is 0.0325. The van der Waals surface area contributed by atoms with Crippen LogP contribution in [0.1, 0.15) is 10.4 Å². The number of carbonyl (C=O) groups excluding carboxylic acids is 1. The van der Waals surface area contributed by atoms with Gasteiger partial charge in [-0.1, -0.05) is 23.7 Å². The zero-order valence-electron chi connectivity index (χ0n) is 11.0. The Kier molecular flexibility index (Phi) is 4.39. The van der Waals surface area contributed by atoms with Crippen molar-refractivity contribution in [2.75, 3.05) is 7.05 Å². The number of nitrogens with one attached hydrogen (secondary N) is 1. The van der Waals surface area contributed by atoms with Crippen LogP contribution in [0.5, 0.6) is 11.5 Å². The van der Waals surface area contributed by atoms with Gasteiger partial charge in [-0.05, 0) is 18.2 Å². The van der Waals surface area contributed by atoms with Crippen LogP contribution in [0, 0.1) is 10.1 Å². The predicted molar refractivity (Wildman–Crippen MR) is 78.0 cm³/mol. The summed E-state index contributed by atoms with van der Waals surface area (Å²) in [4.78, 5) is 21.9. The Labute approximate surface area is 125 Å². The second-order valence-corrected chi connectivity index (χ2v) is 4.45. The molecule has 108 valence electrons. The van der Waals surface area contributed by atoms with Crippen LogP contribution in [0.15, 0.2) is 42.5 Å². The van der Waals surface area contributed by atoms with Gasteiger partial charge in [-0.3, -0.25) is 14.9 Å². The molecule has 0 aliphatic carbocycles. The Hall–Kier alpha value is -2.60. The van der Waals surface area contributed by atoms with Gasteiger partial charge in [0.1, 0.15) is 16.5 Å². The van der Waals surface area contributed by atoms with Crippen molar-refractivity contribution in [3.8, 4) is 11.5 Å². The molecule has 6 nitrogen and oxygen atoms in total. The van der Waals surface area contributed by atoms with E-state index in [1.165, 1.54) is 25.2 Å². The number of hydrogen-bond acceptors (Lipinski definition) is 4. The summed E-state index contributed by atoms with van der Waals surface area (Å²) in [5, 5.41) is 13.2. The van der Waals surface area contributed by atoms with Crippen LogP contribution < -0.4 is 10.1 Å². The van der Waals surface area contributed by atoms with Crippen molar-refractivity contribution in [2.45, 2.75) is 0 Å². The number of nitro groups is 1. The molecule has 0 saturated heterocycles. The Morgan fingerprint density at radius 1 is 1.29 bits per heavy atom. The average molecular weight is 307 g/mol. The Bertz CT molecular complexity index is 703. The Morgan fingerprint density at radius 3 is 2.62 bits per heavy atom. The molecule has 0 aliphatic rings. The first-order valence-corrected chi connectivity index (χ1v) is 6.33. The van der Waals surface area contributed by atoms with Crippen molar-refractivity contribution >= 4 is 23.2 Å². The van der Waals surface area contributed by atoms with Crippen molar-refractivity contribution < 1.29 is 14.5 Å². The van der Waals surface area contributed by atoms with E-state index in [4.69, 9.17) is 16.3 Å². The molecule has 2 aromatic carbocycles. The largest absolute Gasteiger partial charge is 0.456 e. The lowest BCUT2D eigenvalue weighted by molar-refractivity contribution is -0.384. The molecule has 2 rings (SSSR count). The van der Waals surface area contributed by atoms with Crippen LogP contribution in [-0.2, 0) is 0 Å².